The van der Waals surface area contributed by atoms with Crippen LogP contribution in [0.15, 0.2) is 22.8 Å². The zero-order valence-corrected chi connectivity index (χ0v) is 9.76. The molecule has 0 spiro atoms. The van der Waals surface area contributed by atoms with E-state index in [1.54, 1.807) is 10.9 Å². The molecule has 0 unspecified atom stereocenters. The average Bonchev–Trinajstić information content (AvgIpc) is 2.99. The Bertz CT molecular complexity index is 484. The van der Waals surface area contributed by atoms with E-state index >= 15 is 0 Å². The number of hydrogen-bond donors (Lipinski definition) is 1. The van der Waals surface area contributed by atoms with Gasteiger partial charge in [0.1, 0.15) is 0 Å². The molecule has 17 heavy (non-hydrogen) atoms. The second kappa shape index (κ2) is 4.21. The summed E-state index contributed by atoms with van der Waals surface area (Å²) >= 11 is 0. The SMILES string of the molecule is Cn1nc(N2CCNCC2)nc1-c1ccco1. The number of anilines is 1. The van der Waals surface area contributed by atoms with Crippen LogP contribution in [-0.4, -0.2) is 40.9 Å². The van der Waals surface area contributed by atoms with Crippen molar-refractivity contribution in [3.05, 3.63) is 18.4 Å². The van der Waals surface area contributed by atoms with Gasteiger partial charge in [0, 0.05) is 33.2 Å². The van der Waals surface area contributed by atoms with E-state index in [2.05, 4.69) is 20.3 Å². The molecule has 1 saturated heterocycles. The van der Waals surface area contributed by atoms with Crippen molar-refractivity contribution in [1.29, 1.82) is 0 Å². The molecule has 0 radical (unpaired) electrons. The van der Waals surface area contributed by atoms with Gasteiger partial charge >= 0.3 is 0 Å². The summed E-state index contributed by atoms with van der Waals surface area (Å²) in [5.74, 6) is 2.30. The predicted molar refractivity (Wildman–Crippen MR) is 63.8 cm³/mol. The largest absolute Gasteiger partial charge is 0.461 e. The van der Waals surface area contributed by atoms with Gasteiger partial charge in [0.25, 0.3) is 0 Å². The molecule has 0 bridgehead atoms. The fraction of sp³-hybridized carbons (Fsp3) is 0.455. The number of aromatic nitrogens is 3. The molecule has 3 heterocycles. The molecule has 3 rings (SSSR count). The van der Waals surface area contributed by atoms with Crippen LogP contribution in [0.3, 0.4) is 0 Å². The Morgan fingerprint density at radius 1 is 1.35 bits per heavy atom. The highest BCUT2D eigenvalue weighted by atomic mass is 16.3. The Balaban J connectivity index is 1.90. The molecule has 6 nitrogen and oxygen atoms in total. The molecule has 0 aliphatic carbocycles. The smallest absolute Gasteiger partial charge is 0.245 e. The summed E-state index contributed by atoms with van der Waals surface area (Å²) in [6.45, 7) is 3.85. The fourth-order valence-corrected chi connectivity index (χ4v) is 1.99. The van der Waals surface area contributed by atoms with E-state index in [1.807, 2.05) is 19.2 Å². The van der Waals surface area contributed by atoms with E-state index in [4.69, 9.17) is 4.42 Å². The molecular formula is C11H15N5O. The molecule has 2 aromatic heterocycles. The average molecular weight is 233 g/mol. The van der Waals surface area contributed by atoms with Gasteiger partial charge in [0.05, 0.1) is 6.26 Å². The van der Waals surface area contributed by atoms with Crippen molar-refractivity contribution >= 4 is 5.95 Å². The lowest BCUT2D eigenvalue weighted by atomic mass is 10.4. The highest BCUT2D eigenvalue weighted by Crippen LogP contribution is 2.20. The van der Waals surface area contributed by atoms with Crippen LogP contribution >= 0.6 is 0 Å². The minimum atomic E-state index is 0.751. The van der Waals surface area contributed by atoms with Gasteiger partial charge in [0.15, 0.2) is 11.6 Å². The number of nitrogens with zero attached hydrogens (tertiary/aromatic N) is 4. The quantitative estimate of drug-likeness (QED) is 0.817. The second-order valence-electron chi connectivity index (χ2n) is 4.07. The lowest BCUT2D eigenvalue weighted by Crippen LogP contribution is -2.44. The second-order valence-corrected chi connectivity index (χ2v) is 4.07. The molecule has 1 aliphatic rings. The normalized spacial score (nSPS) is 16.4. The Morgan fingerprint density at radius 2 is 2.18 bits per heavy atom. The number of furan rings is 1. The van der Waals surface area contributed by atoms with Crippen LogP contribution in [-0.2, 0) is 7.05 Å². The van der Waals surface area contributed by atoms with Crippen LogP contribution in [0.4, 0.5) is 5.95 Å². The first-order valence-electron chi connectivity index (χ1n) is 5.75. The van der Waals surface area contributed by atoms with E-state index < -0.39 is 0 Å². The van der Waals surface area contributed by atoms with Crippen molar-refractivity contribution in [1.82, 2.24) is 20.1 Å². The summed E-state index contributed by atoms with van der Waals surface area (Å²) in [6, 6.07) is 3.75. The van der Waals surface area contributed by atoms with Crippen LogP contribution in [0, 0.1) is 0 Å². The first kappa shape index (κ1) is 10.3. The highest BCUT2D eigenvalue weighted by Gasteiger charge is 2.18. The molecule has 90 valence electrons. The van der Waals surface area contributed by atoms with Crippen LogP contribution in [0.2, 0.25) is 0 Å². The standard InChI is InChI=1S/C11H15N5O/c1-15-10(9-3-2-8-17-9)13-11(14-15)16-6-4-12-5-7-16/h2-3,8,12H,4-7H2,1H3. The molecule has 1 N–H and O–H groups in total. The fourth-order valence-electron chi connectivity index (χ4n) is 1.99. The predicted octanol–water partition coefficient (Wildman–Crippen LogP) is 0.485. The molecule has 1 aliphatic heterocycles. The Labute approximate surface area is 99.2 Å². The number of piperazine rings is 1. The maximum atomic E-state index is 5.35. The van der Waals surface area contributed by atoms with Crippen molar-refractivity contribution in [2.24, 2.45) is 7.05 Å². The van der Waals surface area contributed by atoms with Crippen LogP contribution in [0.5, 0.6) is 0 Å². The summed E-state index contributed by atoms with van der Waals surface area (Å²) < 4.78 is 7.11. The summed E-state index contributed by atoms with van der Waals surface area (Å²) in [6.07, 6.45) is 1.65. The van der Waals surface area contributed by atoms with E-state index in [9.17, 15) is 0 Å². The molecule has 0 aromatic carbocycles. The van der Waals surface area contributed by atoms with Crippen LogP contribution < -0.4 is 10.2 Å². The third-order valence-corrected chi connectivity index (χ3v) is 2.89. The summed E-state index contributed by atoms with van der Waals surface area (Å²) in [5.41, 5.74) is 0. The van der Waals surface area contributed by atoms with Crippen LogP contribution in [0.1, 0.15) is 0 Å². The monoisotopic (exact) mass is 233 g/mol. The van der Waals surface area contributed by atoms with Crippen LogP contribution in [0.25, 0.3) is 11.6 Å². The molecular weight excluding hydrogens is 218 g/mol. The molecule has 0 saturated carbocycles. The highest BCUT2D eigenvalue weighted by molar-refractivity contribution is 5.50. The van der Waals surface area contributed by atoms with E-state index in [0.29, 0.717) is 0 Å². The minimum Gasteiger partial charge on any atom is -0.461 e. The zero-order chi connectivity index (χ0) is 11.7. The van der Waals surface area contributed by atoms with Gasteiger partial charge in [-0.3, -0.25) is 0 Å². The summed E-state index contributed by atoms with van der Waals surface area (Å²) in [5, 5.41) is 7.74. The van der Waals surface area contributed by atoms with Gasteiger partial charge in [-0.05, 0) is 12.1 Å². The topological polar surface area (TPSA) is 59.1 Å². The lowest BCUT2D eigenvalue weighted by molar-refractivity contribution is 0.570. The molecule has 1 fully saturated rings. The van der Waals surface area contributed by atoms with Gasteiger partial charge in [0.2, 0.25) is 5.95 Å². The number of nitrogens with one attached hydrogen (secondary N) is 1. The lowest BCUT2D eigenvalue weighted by Gasteiger charge is -2.25. The molecule has 6 heteroatoms. The van der Waals surface area contributed by atoms with Crippen molar-refractivity contribution < 1.29 is 4.42 Å². The van der Waals surface area contributed by atoms with Crippen molar-refractivity contribution in [3.8, 4) is 11.6 Å². The zero-order valence-electron chi connectivity index (χ0n) is 9.76. The van der Waals surface area contributed by atoms with Gasteiger partial charge in [-0.2, -0.15) is 4.98 Å². The first-order valence-corrected chi connectivity index (χ1v) is 5.75. The molecule has 2 aromatic rings. The Kier molecular flexibility index (Phi) is 2.56. The maximum Gasteiger partial charge on any atom is 0.245 e. The maximum absolute atomic E-state index is 5.35. The number of aryl methyl sites for hydroxylation is 1. The Hall–Kier alpha value is -1.82. The van der Waals surface area contributed by atoms with Crippen molar-refractivity contribution in [2.45, 2.75) is 0 Å². The van der Waals surface area contributed by atoms with Crippen molar-refractivity contribution in [3.63, 3.8) is 0 Å². The van der Waals surface area contributed by atoms with Crippen molar-refractivity contribution in [2.75, 3.05) is 31.1 Å². The molecule has 0 atom stereocenters. The third kappa shape index (κ3) is 1.91. The van der Waals surface area contributed by atoms with Gasteiger partial charge in [-0.1, -0.05) is 0 Å². The summed E-state index contributed by atoms with van der Waals surface area (Å²) in [4.78, 5) is 6.72. The van der Waals surface area contributed by atoms with E-state index in [0.717, 1.165) is 43.7 Å². The van der Waals surface area contributed by atoms with Gasteiger partial charge in [-0.15, -0.1) is 5.10 Å². The van der Waals surface area contributed by atoms with E-state index in [-0.39, 0.29) is 0 Å². The first-order chi connectivity index (χ1) is 8.34. The summed E-state index contributed by atoms with van der Waals surface area (Å²) in [7, 11) is 1.89. The van der Waals surface area contributed by atoms with Gasteiger partial charge in [-0.25, -0.2) is 4.68 Å². The number of hydrogen-bond acceptors (Lipinski definition) is 5. The van der Waals surface area contributed by atoms with Gasteiger partial charge < -0.3 is 14.6 Å². The molecule has 0 amide bonds. The Morgan fingerprint density at radius 3 is 2.88 bits per heavy atom. The minimum absolute atomic E-state index is 0.751. The van der Waals surface area contributed by atoms with E-state index in [1.165, 1.54) is 0 Å². The number of rotatable bonds is 2. The third-order valence-electron chi connectivity index (χ3n) is 2.89.